The normalized spacial score (nSPS) is 14.3. The topological polar surface area (TPSA) is 29.3 Å². The fourth-order valence-corrected chi connectivity index (χ4v) is 0.628. The van der Waals surface area contributed by atoms with Gasteiger partial charge < -0.3 is 0 Å². The average molecular weight is 130 g/mol. The molecule has 2 heteroatoms. The van der Waals surface area contributed by atoms with Gasteiger partial charge in [0.15, 0.2) is 0 Å². The Hall–Kier alpha value is -0.0800. The fraction of sp³-hybridized carbons (Fsp3) is 1.00. The molecule has 0 rings (SSSR count). The zero-order valence-electron chi connectivity index (χ0n) is 6.72. The molecule has 0 amide bonds. The van der Waals surface area contributed by atoms with Crippen molar-refractivity contribution in [2.24, 2.45) is 11.8 Å². The van der Waals surface area contributed by atoms with Crippen molar-refractivity contribution in [3.05, 3.63) is 0 Å². The Kier molecular flexibility index (Phi) is 4.72. The third kappa shape index (κ3) is 5.80. The van der Waals surface area contributed by atoms with Crippen molar-refractivity contribution in [1.29, 1.82) is 0 Å². The Labute approximate surface area is 58.0 Å². The monoisotopic (exact) mass is 130 g/mol. The molecule has 0 radical (unpaired) electrons. The number of rotatable bonds is 4. The second kappa shape index (κ2) is 4.77. The van der Waals surface area contributed by atoms with Gasteiger partial charge in [-0.15, -0.1) is 0 Å². The standard InChI is InChI=1S/C7H18N2/c1-4-7(2)5-6-9(3)8/h7H,4-6,8H2,1-3H3. The molecule has 1 atom stereocenters. The van der Waals surface area contributed by atoms with E-state index in [1.807, 2.05) is 7.05 Å². The van der Waals surface area contributed by atoms with E-state index < -0.39 is 0 Å². The lowest BCUT2D eigenvalue weighted by atomic mass is 10.1. The van der Waals surface area contributed by atoms with Gasteiger partial charge in [-0.1, -0.05) is 20.3 Å². The van der Waals surface area contributed by atoms with Crippen LogP contribution in [0.25, 0.3) is 0 Å². The molecule has 0 bridgehead atoms. The molecule has 0 aromatic heterocycles. The molecule has 0 saturated heterocycles. The van der Waals surface area contributed by atoms with Gasteiger partial charge in [0.05, 0.1) is 0 Å². The van der Waals surface area contributed by atoms with E-state index in [2.05, 4.69) is 13.8 Å². The first-order chi connectivity index (χ1) is 4.16. The number of hydrogen-bond acceptors (Lipinski definition) is 2. The Morgan fingerprint density at radius 3 is 2.44 bits per heavy atom. The molecule has 0 spiro atoms. The van der Waals surface area contributed by atoms with Crippen LogP contribution in [0.3, 0.4) is 0 Å². The summed E-state index contributed by atoms with van der Waals surface area (Å²) in [7, 11) is 1.91. The molecule has 0 aliphatic rings. The summed E-state index contributed by atoms with van der Waals surface area (Å²) in [5, 5.41) is 1.74. The van der Waals surface area contributed by atoms with Crippen molar-refractivity contribution >= 4 is 0 Å². The van der Waals surface area contributed by atoms with E-state index in [1.165, 1.54) is 12.8 Å². The van der Waals surface area contributed by atoms with Gasteiger partial charge in [-0.2, -0.15) is 0 Å². The molecule has 0 aromatic carbocycles. The Balaban J connectivity index is 3.06. The van der Waals surface area contributed by atoms with Crippen LogP contribution in [0.4, 0.5) is 0 Å². The lowest BCUT2D eigenvalue weighted by Crippen LogP contribution is -2.27. The van der Waals surface area contributed by atoms with Crippen molar-refractivity contribution in [2.75, 3.05) is 13.6 Å². The lowest BCUT2D eigenvalue weighted by Gasteiger charge is -2.12. The molecule has 0 fully saturated rings. The van der Waals surface area contributed by atoms with Crippen molar-refractivity contribution in [3.63, 3.8) is 0 Å². The van der Waals surface area contributed by atoms with Crippen molar-refractivity contribution in [2.45, 2.75) is 26.7 Å². The highest BCUT2D eigenvalue weighted by atomic mass is 15.4. The van der Waals surface area contributed by atoms with Crippen LogP contribution >= 0.6 is 0 Å². The molecule has 0 aromatic rings. The number of nitrogens with two attached hydrogens (primary N) is 1. The van der Waals surface area contributed by atoms with E-state index in [9.17, 15) is 0 Å². The average Bonchev–Trinajstić information content (AvgIpc) is 1.83. The number of nitrogens with zero attached hydrogens (tertiary/aromatic N) is 1. The summed E-state index contributed by atoms with van der Waals surface area (Å²) in [4.78, 5) is 0. The SMILES string of the molecule is CCC(C)CCN(C)N. The molecule has 56 valence electrons. The molecular formula is C7H18N2. The van der Waals surface area contributed by atoms with Gasteiger partial charge in [-0.25, -0.2) is 0 Å². The van der Waals surface area contributed by atoms with Crippen LogP contribution < -0.4 is 5.84 Å². The summed E-state index contributed by atoms with van der Waals surface area (Å²) in [6, 6.07) is 0. The van der Waals surface area contributed by atoms with E-state index in [0.29, 0.717) is 0 Å². The highest BCUT2D eigenvalue weighted by Gasteiger charge is 1.97. The minimum absolute atomic E-state index is 0.816. The maximum absolute atomic E-state index is 5.43. The molecule has 0 aliphatic carbocycles. The molecule has 0 aliphatic heterocycles. The van der Waals surface area contributed by atoms with Gasteiger partial charge in [-0.3, -0.25) is 10.9 Å². The molecular weight excluding hydrogens is 112 g/mol. The summed E-state index contributed by atoms with van der Waals surface area (Å²) < 4.78 is 0. The van der Waals surface area contributed by atoms with E-state index >= 15 is 0 Å². The molecule has 2 N–H and O–H groups in total. The Morgan fingerprint density at radius 2 is 2.11 bits per heavy atom. The van der Waals surface area contributed by atoms with Crippen LogP contribution in [0.1, 0.15) is 26.7 Å². The van der Waals surface area contributed by atoms with Crippen LogP contribution in [0.5, 0.6) is 0 Å². The second-order valence-electron chi connectivity index (χ2n) is 2.78. The first kappa shape index (κ1) is 8.92. The summed E-state index contributed by atoms with van der Waals surface area (Å²) >= 11 is 0. The van der Waals surface area contributed by atoms with Crippen LogP contribution in [-0.4, -0.2) is 18.6 Å². The van der Waals surface area contributed by atoms with Crippen molar-refractivity contribution in [1.82, 2.24) is 5.01 Å². The zero-order chi connectivity index (χ0) is 7.28. The summed E-state index contributed by atoms with van der Waals surface area (Å²) in [6.45, 7) is 5.47. The van der Waals surface area contributed by atoms with Gasteiger partial charge >= 0.3 is 0 Å². The number of hydrogen-bond donors (Lipinski definition) is 1. The van der Waals surface area contributed by atoms with Gasteiger partial charge in [0, 0.05) is 13.6 Å². The maximum Gasteiger partial charge on any atom is 0.0128 e. The van der Waals surface area contributed by atoms with Crippen molar-refractivity contribution in [3.8, 4) is 0 Å². The molecule has 0 heterocycles. The van der Waals surface area contributed by atoms with E-state index in [-0.39, 0.29) is 0 Å². The van der Waals surface area contributed by atoms with Crippen LogP contribution in [0, 0.1) is 5.92 Å². The molecule has 2 nitrogen and oxygen atoms in total. The third-order valence-corrected chi connectivity index (χ3v) is 1.67. The summed E-state index contributed by atoms with van der Waals surface area (Å²) in [5.41, 5.74) is 0. The van der Waals surface area contributed by atoms with Gasteiger partial charge in [0.1, 0.15) is 0 Å². The van der Waals surface area contributed by atoms with Crippen LogP contribution in [0.15, 0.2) is 0 Å². The van der Waals surface area contributed by atoms with E-state index in [0.717, 1.165) is 12.5 Å². The predicted octanol–water partition coefficient (Wildman–Crippen LogP) is 1.23. The number of hydrazine groups is 1. The van der Waals surface area contributed by atoms with Gasteiger partial charge in [0.2, 0.25) is 0 Å². The van der Waals surface area contributed by atoms with Crippen LogP contribution in [0.2, 0.25) is 0 Å². The highest BCUT2D eigenvalue weighted by molar-refractivity contribution is 4.50. The van der Waals surface area contributed by atoms with Crippen molar-refractivity contribution < 1.29 is 0 Å². The van der Waals surface area contributed by atoms with Gasteiger partial charge in [0.25, 0.3) is 0 Å². The van der Waals surface area contributed by atoms with Crippen LogP contribution in [-0.2, 0) is 0 Å². The largest absolute Gasteiger partial charge is 0.269 e. The van der Waals surface area contributed by atoms with E-state index in [1.54, 1.807) is 5.01 Å². The summed E-state index contributed by atoms with van der Waals surface area (Å²) in [5.74, 6) is 6.24. The molecule has 9 heavy (non-hydrogen) atoms. The predicted molar refractivity (Wildman–Crippen MR) is 40.9 cm³/mol. The smallest absolute Gasteiger partial charge is 0.0128 e. The Bertz CT molecular complexity index is 61.9. The second-order valence-corrected chi connectivity index (χ2v) is 2.78. The minimum atomic E-state index is 0.816. The highest BCUT2D eigenvalue weighted by Crippen LogP contribution is 2.04. The Morgan fingerprint density at radius 1 is 1.56 bits per heavy atom. The lowest BCUT2D eigenvalue weighted by molar-refractivity contribution is 0.313. The zero-order valence-corrected chi connectivity index (χ0v) is 6.72. The maximum atomic E-state index is 5.43. The minimum Gasteiger partial charge on any atom is -0.269 e. The first-order valence-corrected chi connectivity index (χ1v) is 3.62. The van der Waals surface area contributed by atoms with E-state index in [4.69, 9.17) is 5.84 Å². The van der Waals surface area contributed by atoms with Gasteiger partial charge in [-0.05, 0) is 12.3 Å². The first-order valence-electron chi connectivity index (χ1n) is 3.62. The fourth-order valence-electron chi connectivity index (χ4n) is 0.628. The molecule has 0 saturated carbocycles. The summed E-state index contributed by atoms with van der Waals surface area (Å²) in [6.07, 6.45) is 2.47. The quantitative estimate of drug-likeness (QED) is 0.458. The molecule has 1 unspecified atom stereocenters. The third-order valence-electron chi connectivity index (χ3n) is 1.67.